The number of rotatable bonds is 5. The Morgan fingerprint density at radius 2 is 1.85 bits per heavy atom. The monoisotopic (exact) mass is 272 g/mol. The van der Waals surface area contributed by atoms with Gasteiger partial charge >= 0.3 is 5.97 Å². The number of carbonyl (C=O) groups is 1. The first-order valence-corrected chi connectivity index (χ1v) is 6.94. The van der Waals surface area contributed by atoms with Crippen LogP contribution in [0.1, 0.15) is 46.7 Å². The van der Waals surface area contributed by atoms with Gasteiger partial charge in [0.15, 0.2) is 0 Å². The van der Waals surface area contributed by atoms with Crippen molar-refractivity contribution in [3.05, 3.63) is 52.3 Å². The normalized spacial score (nSPS) is 10.8. The number of nitrogens with zero attached hydrogens (tertiary/aromatic N) is 2. The van der Waals surface area contributed by atoms with E-state index in [1.807, 2.05) is 25.5 Å². The third-order valence-electron chi connectivity index (χ3n) is 3.47. The summed E-state index contributed by atoms with van der Waals surface area (Å²) < 4.78 is 1.83. The lowest BCUT2D eigenvalue weighted by atomic mass is 10.1. The van der Waals surface area contributed by atoms with Gasteiger partial charge < -0.3 is 5.11 Å². The molecule has 0 fully saturated rings. The fourth-order valence-electron chi connectivity index (χ4n) is 2.40. The van der Waals surface area contributed by atoms with Crippen LogP contribution in [0.2, 0.25) is 0 Å². The maximum atomic E-state index is 11.4. The van der Waals surface area contributed by atoms with E-state index in [2.05, 4.69) is 29.4 Å². The second-order valence-electron chi connectivity index (χ2n) is 4.92. The zero-order valence-corrected chi connectivity index (χ0v) is 12.2. The molecular weight excluding hydrogens is 252 g/mol. The summed E-state index contributed by atoms with van der Waals surface area (Å²) in [6.07, 6.45) is 1.30. The molecule has 0 amide bonds. The van der Waals surface area contributed by atoms with Crippen molar-refractivity contribution in [3.8, 4) is 0 Å². The summed E-state index contributed by atoms with van der Waals surface area (Å²) in [5.41, 5.74) is 4.19. The number of hydrogen-bond donors (Lipinski definition) is 1. The first-order valence-electron chi connectivity index (χ1n) is 6.94. The zero-order chi connectivity index (χ0) is 14.7. The molecule has 1 aromatic heterocycles. The van der Waals surface area contributed by atoms with E-state index in [1.54, 1.807) is 0 Å². The van der Waals surface area contributed by atoms with Gasteiger partial charge in [0.25, 0.3) is 0 Å². The first-order chi connectivity index (χ1) is 9.56. The minimum atomic E-state index is -0.881. The molecule has 4 nitrogen and oxygen atoms in total. The molecule has 0 radical (unpaired) electrons. The molecule has 0 spiro atoms. The topological polar surface area (TPSA) is 55.1 Å². The van der Waals surface area contributed by atoms with Crippen molar-refractivity contribution in [2.45, 2.75) is 40.2 Å². The molecule has 1 aromatic carbocycles. The van der Waals surface area contributed by atoms with Crippen LogP contribution < -0.4 is 0 Å². The number of carboxylic acids is 1. The van der Waals surface area contributed by atoms with Crippen LogP contribution in [0.15, 0.2) is 24.3 Å². The SMILES string of the molecule is CCc1nn(Cc2ccc(C)cc2)c(CC)c1C(=O)O. The third-order valence-corrected chi connectivity index (χ3v) is 3.47. The lowest BCUT2D eigenvalue weighted by molar-refractivity contribution is 0.0694. The second kappa shape index (κ2) is 5.90. The first kappa shape index (κ1) is 14.3. The fraction of sp³-hybridized carbons (Fsp3) is 0.375. The van der Waals surface area contributed by atoms with E-state index in [0.717, 1.165) is 11.3 Å². The predicted octanol–water partition coefficient (Wildman–Crippen LogP) is 3.06. The molecule has 106 valence electrons. The van der Waals surface area contributed by atoms with Crippen molar-refractivity contribution in [1.82, 2.24) is 9.78 Å². The number of aryl methyl sites for hydroxylation is 2. The number of aromatic carboxylic acids is 1. The minimum Gasteiger partial charge on any atom is -0.478 e. The van der Waals surface area contributed by atoms with E-state index in [1.165, 1.54) is 5.56 Å². The lowest BCUT2D eigenvalue weighted by Crippen LogP contribution is -2.08. The molecule has 4 heteroatoms. The molecule has 0 saturated heterocycles. The molecule has 1 N–H and O–H groups in total. The standard InChI is InChI=1S/C16H20N2O2/c1-4-13-15(16(19)20)14(5-2)18(17-13)10-12-8-6-11(3)7-9-12/h6-9H,4-5,10H2,1-3H3,(H,19,20). The lowest BCUT2D eigenvalue weighted by Gasteiger charge is -2.07. The molecule has 0 saturated carbocycles. The smallest absolute Gasteiger partial charge is 0.339 e. The van der Waals surface area contributed by atoms with Gasteiger partial charge in [0.05, 0.1) is 17.9 Å². The van der Waals surface area contributed by atoms with Crippen LogP contribution in [0.4, 0.5) is 0 Å². The third kappa shape index (κ3) is 2.74. The number of benzene rings is 1. The maximum Gasteiger partial charge on any atom is 0.339 e. The van der Waals surface area contributed by atoms with Gasteiger partial charge in [-0.15, -0.1) is 0 Å². The van der Waals surface area contributed by atoms with Crippen LogP contribution in [-0.4, -0.2) is 20.9 Å². The van der Waals surface area contributed by atoms with Crippen LogP contribution >= 0.6 is 0 Å². The Kier molecular flexibility index (Phi) is 4.23. The van der Waals surface area contributed by atoms with Gasteiger partial charge in [0.1, 0.15) is 5.56 Å². The summed E-state index contributed by atoms with van der Waals surface area (Å²) in [5, 5.41) is 13.8. The highest BCUT2D eigenvalue weighted by Crippen LogP contribution is 2.18. The molecule has 0 aliphatic rings. The second-order valence-corrected chi connectivity index (χ2v) is 4.92. The summed E-state index contributed by atoms with van der Waals surface area (Å²) in [4.78, 5) is 11.4. The average molecular weight is 272 g/mol. The predicted molar refractivity (Wildman–Crippen MR) is 78.2 cm³/mol. The quantitative estimate of drug-likeness (QED) is 0.910. The van der Waals surface area contributed by atoms with Crippen molar-refractivity contribution in [2.24, 2.45) is 0 Å². The summed E-state index contributed by atoms with van der Waals surface area (Å²) in [7, 11) is 0. The van der Waals surface area contributed by atoms with E-state index >= 15 is 0 Å². The van der Waals surface area contributed by atoms with Crippen LogP contribution in [0, 0.1) is 6.92 Å². The fourth-order valence-corrected chi connectivity index (χ4v) is 2.40. The van der Waals surface area contributed by atoms with E-state index in [-0.39, 0.29) is 0 Å². The molecule has 0 aliphatic carbocycles. The van der Waals surface area contributed by atoms with Crippen molar-refractivity contribution >= 4 is 5.97 Å². The van der Waals surface area contributed by atoms with E-state index < -0.39 is 5.97 Å². The van der Waals surface area contributed by atoms with E-state index in [0.29, 0.717) is 30.6 Å². The van der Waals surface area contributed by atoms with Crippen LogP contribution in [-0.2, 0) is 19.4 Å². The number of carboxylic acid groups (broad SMARTS) is 1. The van der Waals surface area contributed by atoms with Crippen LogP contribution in [0.3, 0.4) is 0 Å². The van der Waals surface area contributed by atoms with Crippen LogP contribution in [0.25, 0.3) is 0 Å². The van der Waals surface area contributed by atoms with Crippen LogP contribution in [0.5, 0.6) is 0 Å². The Bertz CT molecular complexity index is 612. The minimum absolute atomic E-state index is 0.377. The molecular formula is C16H20N2O2. The van der Waals surface area contributed by atoms with Gasteiger partial charge in [-0.1, -0.05) is 43.7 Å². The molecule has 0 unspecified atom stereocenters. The Hall–Kier alpha value is -2.10. The molecule has 2 aromatic rings. The van der Waals surface area contributed by atoms with Gasteiger partial charge in [0, 0.05) is 0 Å². The van der Waals surface area contributed by atoms with Crippen molar-refractivity contribution in [2.75, 3.05) is 0 Å². The number of hydrogen-bond acceptors (Lipinski definition) is 2. The summed E-state index contributed by atoms with van der Waals surface area (Å²) in [6.45, 7) is 6.57. The van der Waals surface area contributed by atoms with Gasteiger partial charge in [-0.2, -0.15) is 5.10 Å². The van der Waals surface area contributed by atoms with Crippen molar-refractivity contribution in [1.29, 1.82) is 0 Å². The van der Waals surface area contributed by atoms with Gasteiger partial charge in [-0.05, 0) is 25.3 Å². The van der Waals surface area contributed by atoms with Crippen molar-refractivity contribution < 1.29 is 9.90 Å². The Labute approximate surface area is 119 Å². The molecule has 0 atom stereocenters. The average Bonchev–Trinajstić information content (AvgIpc) is 2.79. The highest BCUT2D eigenvalue weighted by Gasteiger charge is 2.21. The van der Waals surface area contributed by atoms with Gasteiger partial charge in [0.2, 0.25) is 0 Å². The Morgan fingerprint density at radius 1 is 1.20 bits per heavy atom. The highest BCUT2D eigenvalue weighted by molar-refractivity contribution is 5.90. The summed E-state index contributed by atoms with van der Waals surface area (Å²) in [5.74, 6) is -0.881. The van der Waals surface area contributed by atoms with Crippen molar-refractivity contribution in [3.63, 3.8) is 0 Å². The molecule has 1 heterocycles. The number of aromatic nitrogens is 2. The maximum absolute atomic E-state index is 11.4. The molecule has 20 heavy (non-hydrogen) atoms. The van der Waals surface area contributed by atoms with E-state index in [9.17, 15) is 9.90 Å². The molecule has 0 aliphatic heterocycles. The Morgan fingerprint density at radius 3 is 2.35 bits per heavy atom. The van der Waals surface area contributed by atoms with Gasteiger partial charge in [-0.25, -0.2) is 4.79 Å². The summed E-state index contributed by atoms with van der Waals surface area (Å²) in [6, 6.07) is 8.23. The largest absolute Gasteiger partial charge is 0.478 e. The molecule has 2 rings (SSSR count). The Balaban J connectivity index is 2.41. The highest BCUT2D eigenvalue weighted by atomic mass is 16.4. The van der Waals surface area contributed by atoms with E-state index in [4.69, 9.17) is 0 Å². The summed E-state index contributed by atoms with van der Waals surface area (Å²) >= 11 is 0. The van der Waals surface area contributed by atoms with Gasteiger partial charge in [-0.3, -0.25) is 4.68 Å². The molecule has 0 bridgehead atoms. The zero-order valence-electron chi connectivity index (χ0n) is 12.2.